The summed E-state index contributed by atoms with van der Waals surface area (Å²) in [6, 6.07) is 7.99. The van der Waals surface area contributed by atoms with E-state index in [0.29, 0.717) is 6.54 Å². The smallest absolute Gasteiger partial charge is 0.239 e. The van der Waals surface area contributed by atoms with Gasteiger partial charge in [0.05, 0.1) is 0 Å². The molecule has 1 N–H and O–H groups in total. The Balaban J connectivity index is 2.57. The van der Waals surface area contributed by atoms with Crippen LogP contribution in [0.4, 0.5) is 0 Å². The quantitative estimate of drug-likeness (QED) is 0.917. The minimum absolute atomic E-state index is 0.0879. The molecular formula is C16H24N2O2. The zero-order valence-electron chi connectivity index (χ0n) is 13.0. The Bertz CT molecular complexity index is 489. The topological polar surface area (TPSA) is 49.4 Å². The first-order valence-electron chi connectivity index (χ1n) is 6.80. The van der Waals surface area contributed by atoms with Crippen molar-refractivity contribution in [3.8, 4) is 0 Å². The van der Waals surface area contributed by atoms with Crippen LogP contribution in [0.25, 0.3) is 0 Å². The van der Waals surface area contributed by atoms with Crippen molar-refractivity contribution < 1.29 is 9.59 Å². The second-order valence-corrected chi connectivity index (χ2v) is 6.04. The Morgan fingerprint density at radius 3 is 2.40 bits per heavy atom. The van der Waals surface area contributed by atoms with Gasteiger partial charge in [0.15, 0.2) is 0 Å². The summed E-state index contributed by atoms with van der Waals surface area (Å²) in [7, 11) is 0. The van der Waals surface area contributed by atoms with Gasteiger partial charge in [-0.15, -0.1) is 0 Å². The number of benzene rings is 1. The average Bonchev–Trinajstić information content (AvgIpc) is 2.31. The first-order valence-corrected chi connectivity index (χ1v) is 6.80. The van der Waals surface area contributed by atoms with Crippen molar-refractivity contribution in [3.63, 3.8) is 0 Å². The van der Waals surface area contributed by atoms with Crippen molar-refractivity contribution in [2.24, 2.45) is 0 Å². The second-order valence-electron chi connectivity index (χ2n) is 6.04. The van der Waals surface area contributed by atoms with Gasteiger partial charge in [-0.05, 0) is 33.3 Å². The molecule has 1 rings (SSSR count). The Hall–Kier alpha value is -1.84. The van der Waals surface area contributed by atoms with Gasteiger partial charge >= 0.3 is 0 Å². The molecule has 0 heterocycles. The predicted octanol–water partition coefficient (Wildman–Crippen LogP) is 2.26. The molecule has 0 saturated carbocycles. The summed E-state index contributed by atoms with van der Waals surface area (Å²) in [5, 5.41) is 2.85. The lowest BCUT2D eigenvalue weighted by Crippen LogP contribution is -2.49. The standard InChI is InChI=1S/C16H24N2O2/c1-12-7-6-8-14(9-12)10-17-15(20)11-18(13(2)19)16(3,4)5/h6-9H,10-11H2,1-5H3,(H,17,20). The van der Waals surface area contributed by atoms with E-state index in [4.69, 9.17) is 0 Å². The first kappa shape index (κ1) is 16.2. The third-order valence-electron chi connectivity index (χ3n) is 3.06. The van der Waals surface area contributed by atoms with Crippen LogP contribution >= 0.6 is 0 Å². The summed E-state index contributed by atoms with van der Waals surface area (Å²) < 4.78 is 0. The van der Waals surface area contributed by atoms with E-state index in [-0.39, 0.29) is 23.9 Å². The molecule has 0 fully saturated rings. The number of carbonyl (C=O) groups excluding carboxylic acids is 2. The second kappa shape index (κ2) is 6.55. The fourth-order valence-electron chi connectivity index (χ4n) is 2.04. The number of amides is 2. The van der Waals surface area contributed by atoms with E-state index in [1.165, 1.54) is 6.92 Å². The van der Waals surface area contributed by atoms with Gasteiger partial charge in [-0.25, -0.2) is 0 Å². The molecule has 4 nitrogen and oxygen atoms in total. The number of aryl methyl sites for hydroxylation is 1. The highest BCUT2D eigenvalue weighted by Gasteiger charge is 2.25. The number of hydrogen-bond acceptors (Lipinski definition) is 2. The van der Waals surface area contributed by atoms with Crippen molar-refractivity contribution >= 4 is 11.8 Å². The number of rotatable bonds is 4. The fraction of sp³-hybridized carbons (Fsp3) is 0.500. The molecule has 1 aromatic carbocycles. The molecule has 0 saturated heterocycles. The van der Waals surface area contributed by atoms with Gasteiger partial charge < -0.3 is 10.2 Å². The third-order valence-corrected chi connectivity index (χ3v) is 3.06. The van der Waals surface area contributed by atoms with Gasteiger partial charge in [0.2, 0.25) is 11.8 Å². The van der Waals surface area contributed by atoms with Gasteiger partial charge in [0.1, 0.15) is 6.54 Å². The molecule has 0 aromatic heterocycles. The van der Waals surface area contributed by atoms with Gasteiger partial charge in [0, 0.05) is 19.0 Å². The van der Waals surface area contributed by atoms with Gasteiger partial charge in [0.25, 0.3) is 0 Å². The number of nitrogens with one attached hydrogen (secondary N) is 1. The maximum atomic E-state index is 12.0. The van der Waals surface area contributed by atoms with Gasteiger partial charge in [-0.3, -0.25) is 9.59 Å². The molecule has 0 radical (unpaired) electrons. The van der Waals surface area contributed by atoms with Crippen LogP contribution in [0.2, 0.25) is 0 Å². The van der Waals surface area contributed by atoms with Crippen molar-refractivity contribution in [1.29, 1.82) is 0 Å². The molecule has 1 aromatic rings. The summed E-state index contributed by atoms with van der Waals surface area (Å²) in [4.78, 5) is 25.1. The molecule has 0 aliphatic heterocycles. The van der Waals surface area contributed by atoms with E-state index in [1.54, 1.807) is 4.90 Å². The molecule has 0 atom stereocenters. The molecule has 0 unspecified atom stereocenters. The van der Waals surface area contributed by atoms with Crippen LogP contribution in [0.1, 0.15) is 38.8 Å². The monoisotopic (exact) mass is 276 g/mol. The lowest BCUT2D eigenvalue weighted by atomic mass is 10.1. The molecule has 0 aliphatic carbocycles. The minimum Gasteiger partial charge on any atom is -0.350 e. The normalized spacial score (nSPS) is 11.1. The highest BCUT2D eigenvalue weighted by molar-refractivity contribution is 5.84. The minimum atomic E-state index is -0.355. The highest BCUT2D eigenvalue weighted by atomic mass is 16.2. The molecule has 4 heteroatoms. The number of nitrogens with zero attached hydrogens (tertiary/aromatic N) is 1. The highest BCUT2D eigenvalue weighted by Crippen LogP contribution is 2.12. The van der Waals surface area contributed by atoms with Crippen molar-refractivity contribution in [3.05, 3.63) is 35.4 Å². The van der Waals surface area contributed by atoms with E-state index < -0.39 is 0 Å². The van der Waals surface area contributed by atoms with E-state index in [2.05, 4.69) is 5.32 Å². The molecule has 110 valence electrons. The van der Waals surface area contributed by atoms with Crippen LogP contribution in [0, 0.1) is 6.92 Å². The van der Waals surface area contributed by atoms with E-state index in [1.807, 2.05) is 52.0 Å². The van der Waals surface area contributed by atoms with Crippen LogP contribution in [0.5, 0.6) is 0 Å². The summed E-state index contributed by atoms with van der Waals surface area (Å²) >= 11 is 0. The molecule has 0 spiro atoms. The van der Waals surface area contributed by atoms with Gasteiger partial charge in [-0.1, -0.05) is 29.8 Å². The largest absolute Gasteiger partial charge is 0.350 e. The van der Waals surface area contributed by atoms with E-state index in [0.717, 1.165) is 11.1 Å². The zero-order chi connectivity index (χ0) is 15.3. The first-order chi connectivity index (χ1) is 9.20. The summed E-state index contributed by atoms with van der Waals surface area (Å²) in [5.74, 6) is -0.236. The number of carbonyl (C=O) groups is 2. The maximum absolute atomic E-state index is 12.0. The van der Waals surface area contributed by atoms with Crippen molar-refractivity contribution in [1.82, 2.24) is 10.2 Å². The van der Waals surface area contributed by atoms with E-state index >= 15 is 0 Å². The molecule has 0 aliphatic rings. The van der Waals surface area contributed by atoms with Crippen molar-refractivity contribution in [2.45, 2.75) is 46.7 Å². The third kappa shape index (κ3) is 5.03. The number of hydrogen-bond donors (Lipinski definition) is 1. The Morgan fingerprint density at radius 2 is 1.90 bits per heavy atom. The van der Waals surface area contributed by atoms with Crippen LogP contribution in [0.3, 0.4) is 0 Å². The Labute approximate surface area is 121 Å². The van der Waals surface area contributed by atoms with Crippen LogP contribution in [-0.4, -0.2) is 28.8 Å². The average molecular weight is 276 g/mol. The predicted molar refractivity (Wildman–Crippen MR) is 80.2 cm³/mol. The summed E-state index contributed by atoms with van der Waals surface area (Å²) in [6.07, 6.45) is 0. The lowest BCUT2D eigenvalue weighted by Gasteiger charge is -2.34. The maximum Gasteiger partial charge on any atom is 0.239 e. The van der Waals surface area contributed by atoms with Crippen LogP contribution < -0.4 is 5.32 Å². The van der Waals surface area contributed by atoms with Crippen LogP contribution in [0.15, 0.2) is 24.3 Å². The van der Waals surface area contributed by atoms with Crippen molar-refractivity contribution in [2.75, 3.05) is 6.54 Å². The van der Waals surface area contributed by atoms with E-state index in [9.17, 15) is 9.59 Å². The molecular weight excluding hydrogens is 252 g/mol. The zero-order valence-corrected chi connectivity index (χ0v) is 13.0. The lowest BCUT2D eigenvalue weighted by molar-refractivity contribution is -0.139. The Morgan fingerprint density at radius 1 is 1.25 bits per heavy atom. The molecule has 2 amide bonds. The fourth-order valence-corrected chi connectivity index (χ4v) is 2.04. The molecule has 20 heavy (non-hydrogen) atoms. The summed E-state index contributed by atoms with van der Waals surface area (Å²) in [6.45, 7) is 9.83. The Kier molecular flexibility index (Phi) is 5.31. The SMILES string of the molecule is CC(=O)N(CC(=O)NCc1cccc(C)c1)C(C)(C)C. The molecule has 0 bridgehead atoms. The van der Waals surface area contributed by atoms with Crippen LogP contribution in [-0.2, 0) is 16.1 Å². The summed E-state index contributed by atoms with van der Waals surface area (Å²) in [5.41, 5.74) is 1.87. The van der Waals surface area contributed by atoms with Gasteiger partial charge in [-0.2, -0.15) is 0 Å².